The zero-order valence-electron chi connectivity index (χ0n) is 18.8. The van der Waals surface area contributed by atoms with Gasteiger partial charge in [0.05, 0.1) is 11.9 Å². The molecule has 0 saturated carbocycles. The highest BCUT2D eigenvalue weighted by atomic mass is 16.7. The second-order valence-electron chi connectivity index (χ2n) is 8.64. The van der Waals surface area contributed by atoms with Gasteiger partial charge < -0.3 is 9.63 Å². The van der Waals surface area contributed by atoms with Crippen LogP contribution in [0, 0.1) is 5.92 Å². The summed E-state index contributed by atoms with van der Waals surface area (Å²) in [6, 6.07) is 17.6. The van der Waals surface area contributed by atoms with E-state index in [2.05, 4.69) is 29.7 Å². The Morgan fingerprint density at radius 1 is 1.00 bits per heavy atom. The van der Waals surface area contributed by atoms with Crippen molar-refractivity contribution in [3.8, 4) is 0 Å². The molecule has 3 aromatic rings. The molecular formula is C26H29N3O4. The van der Waals surface area contributed by atoms with E-state index in [-0.39, 0.29) is 24.5 Å². The number of benzene rings is 2. The van der Waals surface area contributed by atoms with E-state index in [1.807, 2.05) is 11.1 Å². The van der Waals surface area contributed by atoms with Gasteiger partial charge >= 0.3 is 5.97 Å². The molecule has 1 aliphatic heterocycles. The highest BCUT2D eigenvalue weighted by molar-refractivity contribution is 5.98. The van der Waals surface area contributed by atoms with E-state index >= 15 is 0 Å². The molecule has 0 radical (unpaired) electrons. The van der Waals surface area contributed by atoms with Crippen molar-refractivity contribution < 1.29 is 19.2 Å². The Hall–Kier alpha value is -3.45. The van der Waals surface area contributed by atoms with Crippen LogP contribution >= 0.6 is 0 Å². The molecule has 2 aromatic carbocycles. The second kappa shape index (κ2) is 10.4. The predicted molar refractivity (Wildman–Crippen MR) is 125 cm³/mol. The fourth-order valence-electron chi connectivity index (χ4n) is 4.18. The molecule has 2 heterocycles. The lowest BCUT2D eigenvalue weighted by Gasteiger charge is -2.32. The molecule has 0 unspecified atom stereocenters. The lowest BCUT2D eigenvalue weighted by Crippen LogP contribution is -2.46. The number of piperidine rings is 1. The van der Waals surface area contributed by atoms with Crippen molar-refractivity contribution in [1.82, 2.24) is 15.2 Å². The minimum atomic E-state index is -0.472. The van der Waals surface area contributed by atoms with E-state index in [0.29, 0.717) is 17.0 Å². The molecule has 7 heteroatoms. The van der Waals surface area contributed by atoms with Crippen molar-refractivity contribution in [2.75, 3.05) is 13.1 Å². The highest BCUT2D eigenvalue weighted by Crippen LogP contribution is 2.21. The van der Waals surface area contributed by atoms with Gasteiger partial charge in [-0.15, -0.1) is 0 Å². The molecule has 1 fully saturated rings. The normalized spacial score (nSPS) is 14.8. The molecule has 172 valence electrons. The van der Waals surface area contributed by atoms with Gasteiger partial charge in [-0.05, 0) is 61.9 Å². The van der Waals surface area contributed by atoms with Crippen molar-refractivity contribution in [1.29, 1.82) is 0 Å². The van der Waals surface area contributed by atoms with Crippen LogP contribution in [-0.2, 0) is 16.0 Å². The predicted octanol–water partition coefficient (Wildman–Crippen LogP) is 3.57. The first-order valence-electron chi connectivity index (χ1n) is 11.4. The number of amides is 1. The smallest absolute Gasteiger partial charge is 0.333 e. The van der Waals surface area contributed by atoms with E-state index in [9.17, 15) is 14.4 Å². The molecule has 0 spiro atoms. The summed E-state index contributed by atoms with van der Waals surface area (Å²) in [5.74, 6) is -0.0417. The summed E-state index contributed by atoms with van der Waals surface area (Å²) in [7, 11) is 0. The number of fused-ring (bicyclic) bond motifs is 1. The monoisotopic (exact) mass is 447 g/mol. The summed E-state index contributed by atoms with van der Waals surface area (Å²) in [6.07, 6.45) is 5.01. The maximum absolute atomic E-state index is 12.8. The van der Waals surface area contributed by atoms with E-state index in [1.54, 1.807) is 30.5 Å². The Morgan fingerprint density at radius 3 is 2.48 bits per heavy atom. The standard InChI is InChI=1S/C26H29N3O4/c1-19(30)7-10-25(31)33-29-16-13-22-18-23(8-9-24(22)29)26(32)27-28-14-11-21(12-15-28)17-20-5-3-2-4-6-20/h2-6,8-9,13,16,18,21H,7,10-12,14-15,17H2,1H3,(H,27,32). The van der Waals surface area contributed by atoms with E-state index < -0.39 is 5.97 Å². The Labute approximate surface area is 193 Å². The molecule has 0 atom stereocenters. The fourth-order valence-corrected chi connectivity index (χ4v) is 4.18. The first-order chi connectivity index (χ1) is 16.0. The van der Waals surface area contributed by atoms with Gasteiger partial charge in [0.1, 0.15) is 5.78 Å². The molecular weight excluding hydrogens is 418 g/mol. The lowest BCUT2D eigenvalue weighted by atomic mass is 9.91. The maximum atomic E-state index is 12.8. The number of nitrogens with one attached hydrogen (secondary N) is 1. The number of hydrazine groups is 1. The number of ketones is 1. The molecule has 1 amide bonds. The second-order valence-corrected chi connectivity index (χ2v) is 8.64. The number of nitrogens with zero attached hydrogens (tertiary/aromatic N) is 2. The van der Waals surface area contributed by atoms with Gasteiger partial charge in [-0.25, -0.2) is 9.80 Å². The number of carbonyl (C=O) groups is 3. The summed E-state index contributed by atoms with van der Waals surface area (Å²) < 4.78 is 1.37. The quantitative estimate of drug-likeness (QED) is 0.571. The highest BCUT2D eigenvalue weighted by Gasteiger charge is 2.21. The van der Waals surface area contributed by atoms with Gasteiger partial charge in [0, 0.05) is 36.7 Å². The number of Topliss-reactive ketones (excluding diaryl/α,β-unsaturated/α-hetero) is 1. The summed E-state index contributed by atoms with van der Waals surface area (Å²) in [6.45, 7) is 3.11. The first kappa shape index (κ1) is 22.7. The van der Waals surface area contributed by atoms with Gasteiger partial charge in [0.2, 0.25) is 0 Å². The summed E-state index contributed by atoms with van der Waals surface area (Å²) in [4.78, 5) is 41.1. The Kier molecular flexibility index (Phi) is 7.19. The molecule has 0 aliphatic carbocycles. The van der Waals surface area contributed by atoms with Crippen LogP contribution in [0.1, 0.15) is 48.5 Å². The van der Waals surface area contributed by atoms with Gasteiger partial charge in [0.25, 0.3) is 5.91 Å². The first-order valence-corrected chi connectivity index (χ1v) is 11.4. The molecule has 0 bridgehead atoms. The number of hydrogen-bond donors (Lipinski definition) is 1. The third-order valence-corrected chi connectivity index (χ3v) is 6.04. The van der Waals surface area contributed by atoms with Gasteiger partial charge in [-0.3, -0.25) is 10.2 Å². The zero-order valence-corrected chi connectivity index (χ0v) is 18.8. The largest absolute Gasteiger partial charge is 0.337 e. The zero-order chi connectivity index (χ0) is 23.2. The minimum Gasteiger partial charge on any atom is -0.337 e. The number of aromatic nitrogens is 1. The molecule has 1 N–H and O–H groups in total. The van der Waals surface area contributed by atoms with Crippen molar-refractivity contribution in [3.05, 3.63) is 71.9 Å². The van der Waals surface area contributed by atoms with Crippen LogP contribution in [-0.4, -0.2) is 40.5 Å². The van der Waals surface area contributed by atoms with Crippen LogP contribution in [0.4, 0.5) is 0 Å². The molecule has 1 aliphatic rings. The van der Waals surface area contributed by atoms with Crippen LogP contribution in [0.5, 0.6) is 0 Å². The summed E-state index contributed by atoms with van der Waals surface area (Å²) in [5, 5.41) is 2.79. The molecule has 1 aromatic heterocycles. The van der Waals surface area contributed by atoms with Crippen molar-refractivity contribution >= 4 is 28.6 Å². The third-order valence-electron chi connectivity index (χ3n) is 6.04. The number of carbonyl (C=O) groups excluding carboxylic acids is 3. The minimum absolute atomic E-state index is 0.0392. The fraction of sp³-hybridized carbons (Fsp3) is 0.346. The van der Waals surface area contributed by atoms with Crippen LogP contribution in [0.15, 0.2) is 60.8 Å². The van der Waals surface area contributed by atoms with Gasteiger partial charge in [-0.1, -0.05) is 30.3 Å². The average molecular weight is 448 g/mol. The summed E-state index contributed by atoms with van der Waals surface area (Å²) >= 11 is 0. The van der Waals surface area contributed by atoms with Crippen LogP contribution in [0.2, 0.25) is 0 Å². The molecule has 4 rings (SSSR count). The van der Waals surface area contributed by atoms with Crippen molar-refractivity contribution in [2.45, 2.75) is 39.0 Å². The Morgan fingerprint density at radius 2 is 1.76 bits per heavy atom. The molecule has 7 nitrogen and oxygen atoms in total. The van der Waals surface area contributed by atoms with E-state index in [4.69, 9.17) is 4.84 Å². The van der Waals surface area contributed by atoms with E-state index in [0.717, 1.165) is 37.7 Å². The van der Waals surface area contributed by atoms with Crippen molar-refractivity contribution in [2.24, 2.45) is 5.92 Å². The number of rotatable bonds is 8. The van der Waals surface area contributed by atoms with Gasteiger partial charge in [-0.2, -0.15) is 4.73 Å². The Balaban J connectivity index is 1.30. The topological polar surface area (TPSA) is 80.6 Å². The van der Waals surface area contributed by atoms with Crippen molar-refractivity contribution in [3.63, 3.8) is 0 Å². The summed E-state index contributed by atoms with van der Waals surface area (Å²) in [5.41, 5.74) is 5.62. The molecule has 1 saturated heterocycles. The van der Waals surface area contributed by atoms with Crippen LogP contribution in [0.3, 0.4) is 0 Å². The molecule has 33 heavy (non-hydrogen) atoms. The average Bonchev–Trinajstić information content (AvgIpc) is 3.21. The van der Waals surface area contributed by atoms with E-state index in [1.165, 1.54) is 17.2 Å². The lowest BCUT2D eigenvalue weighted by molar-refractivity contribution is -0.144. The SMILES string of the molecule is CC(=O)CCC(=O)On1ccc2cc(C(=O)NN3CCC(Cc4ccccc4)CC3)ccc21. The third kappa shape index (κ3) is 6.08. The maximum Gasteiger partial charge on any atom is 0.333 e. The van der Waals surface area contributed by atoms with Gasteiger partial charge in [0.15, 0.2) is 0 Å². The van der Waals surface area contributed by atoms with Crippen LogP contribution < -0.4 is 10.3 Å². The van der Waals surface area contributed by atoms with Crippen LogP contribution in [0.25, 0.3) is 10.9 Å². The number of hydrogen-bond acceptors (Lipinski definition) is 5. The Bertz CT molecular complexity index is 1130.